The van der Waals surface area contributed by atoms with E-state index in [4.69, 9.17) is 9.47 Å². The number of nitrogens with one attached hydrogen (secondary N) is 1. The Morgan fingerprint density at radius 2 is 1.89 bits per heavy atom. The van der Waals surface area contributed by atoms with Crippen LogP contribution in [0.3, 0.4) is 0 Å². The van der Waals surface area contributed by atoms with E-state index >= 15 is 0 Å². The lowest BCUT2D eigenvalue weighted by atomic mass is 10.2. The van der Waals surface area contributed by atoms with Crippen molar-refractivity contribution in [1.29, 1.82) is 0 Å². The Hall–Kier alpha value is -3.14. The molecule has 1 amide bonds. The summed E-state index contributed by atoms with van der Waals surface area (Å²) < 4.78 is 62.7. The molecule has 3 aromatic rings. The van der Waals surface area contributed by atoms with Gasteiger partial charge >= 0.3 is 6.18 Å². The van der Waals surface area contributed by atoms with Crippen LogP contribution >= 0.6 is 11.3 Å². The zero-order valence-corrected chi connectivity index (χ0v) is 14.7. The normalized spacial score (nSPS) is 12.9. The minimum absolute atomic E-state index is 0.0468. The van der Waals surface area contributed by atoms with Gasteiger partial charge in [0.1, 0.15) is 16.5 Å². The lowest BCUT2D eigenvalue weighted by molar-refractivity contribution is -0.137. The maximum atomic E-state index is 13.8. The van der Waals surface area contributed by atoms with Crippen molar-refractivity contribution in [3.8, 4) is 22.1 Å². The molecule has 1 aliphatic heterocycles. The third-order valence-electron chi connectivity index (χ3n) is 3.90. The summed E-state index contributed by atoms with van der Waals surface area (Å²) in [6.07, 6.45) is -4.65. The van der Waals surface area contributed by atoms with Gasteiger partial charge in [0.15, 0.2) is 11.5 Å². The average Bonchev–Trinajstić information content (AvgIpc) is 3.31. The number of nitrogens with zero attached hydrogens (tertiary/aromatic N) is 1. The fourth-order valence-electron chi connectivity index (χ4n) is 2.52. The van der Waals surface area contributed by atoms with E-state index in [0.29, 0.717) is 40.3 Å². The molecule has 1 N–H and O–H groups in total. The minimum Gasteiger partial charge on any atom is -0.454 e. The Labute approximate surface area is 159 Å². The highest BCUT2D eigenvalue weighted by atomic mass is 32.1. The van der Waals surface area contributed by atoms with Gasteiger partial charge in [0.25, 0.3) is 5.91 Å². The molecule has 0 unspecified atom stereocenters. The molecule has 2 aromatic carbocycles. The summed E-state index contributed by atoms with van der Waals surface area (Å²) in [5.74, 6) is -0.655. The lowest BCUT2D eigenvalue weighted by Gasteiger charge is -2.10. The van der Waals surface area contributed by atoms with Crippen LogP contribution in [0.4, 0.5) is 23.2 Å². The Balaban J connectivity index is 1.56. The number of fused-ring (bicyclic) bond motifs is 1. The molecule has 5 nitrogen and oxygen atoms in total. The third-order valence-corrected chi connectivity index (χ3v) is 4.79. The Bertz CT molecular complexity index is 1070. The lowest BCUT2D eigenvalue weighted by Crippen LogP contribution is -2.15. The average molecular weight is 410 g/mol. The summed E-state index contributed by atoms with van der Waals surface area (Å²) in [7, 11) is 0. The molecule has 1 aliphatic rings. The van der Waals surface area contributed by atoms with Crippen LogP contribution in [-0.4, -0.2) is 17.7 Å². The molecule has 10 heteroatoms. The fourth-order valence-corrected chi connectivity index (χ4v) is 3.32. The molecule has 0 saturated carbocycles. The third kappa shape index (κ3) is 3.50. The standard InChI is InChI=1S/C18H10F4N2O3S/c19-11-3-2-10(18(20,21)22)6-12(11)23-16(25)13-7-28-17(24-13)9-1-4-14-15(5-9)27-8-26-14/h1-7H,8H2,(H,23,25). The molecule has 0 saturated heterocycles. The van der Waals surface area contributed by atoms with Crippen LogP contribution in [-0.2, 0) is 6.18 Å². The molecule has 2 heterocycles. The van der Waals surface area contributed by atoms with Gasteiger partial charge in [0, 0.05) is 10.9 Å². The van der Waals surface area contributed by atoms with E-state index in [0.717, 1.165) is 11.3 Å². The number of aromatic nitrogens is 1. The molecule has 0 bridgehead atoms. The summed E-state index contributed by atoms with van der Waals surface area (Å²) in [5, 5.41) is 4.06. The van der Waals surface area contributed by atoms with Crippen molar-refractivity contribution in [1.82, 2.24) is 4.98 Å². The Morgan fingerprint density at radius 1 is 1.11 bits per heavy atom. The number of carbonyl (C=O) groups is 1. The van der Waals surface area contributed by atoms with Crippen LogP contribution in [0, 0.1) is 5.82 Å². The SMILES string of the molecule is O=C(Nc1cc(C(F)(F)F)ccc1F)c1csc(-c2ccc3c(c2)OCO3)n1. The number of alkyl halides is 3. The molecule has 28 heavy (non-hydrogen) atoms. The zero-order valence-electron chi connectivity index (χ0n) is 13.8. The molecule has 0 fully saturated rings. The van der Waals surface area contributed by atoms with Crippen molar-refractivity contribution < 1.29 is 31.8 Å². The highest BCUT2D eigenvalue weighted by molar-refractivity contribution is 7.13. The van der Waals surface area contributed by atoms with Gasteiger partial charge in [0.2, 0.25) is 6.79 Å². The molecule has 0 radical (unpaired) electrons. The number of hydrogen-bond acceptors (Lipinski definition) is 5. The van der Waals surface area contributed by atoms with Gasteiger partial charge < -0.3 is 14.8 Å². The summed E-state index contributed by atoms with van der Waals surface area (Å²) in [5.41, 5.74) is -1.01. The monoisotopic (exact) mass is 410 g/mol. The molecular formula is C18H10F4N2O3S. The van der Waals surface area contributed by atoms with Gasteiger partial charge in [-0.3, -0.25) is 4.79 Å². The van der Waals surface area contributed by atoms with Gasteiger partial charge in [-0.05, 0) is 36.4 Å². The van der Waals surface area contributed by atoms with E-state index < -0.39 is 29.2 Å². The quantitative estimate of drug-likeness (QED) is 0.621. The summed E-state index contributed by atoms with van der Waals surface area (Å²) in [4.78, 5) is 16.5. The second-order valence-corrected chi connectivity index (χ2v) is 6.61. The van der Waals surface area contributed by atoms with E-state index in [-0.39, 0.29) is 12.5 Å². The van der Waals surface area contributed by atoms with E-state index in [9.17, 15) is 22.4 Å². The van der Waals surface area contributed by atoms with E-state index in [1.807, 2.05) is 0 Å². The molecule has 1 aromatic heterocycles. The fraction of sp³-hybridized carbons (Fsp3) is 0.111. The van der Waals surface area contributed by atoms with Gasteiger partial charge in [-0.2, -0.15) is 13.2 Å². The van der Waals surface area contributed by atoms with Crippen molar-refractivity contribution in [3.05, 3.63) is 58.9 Å². The number of anilines is 1. The minimum atomic E-state index is -4.65. The Morgan fingerprint density at radius 3 is 2.68 bits per heavy atom. The van der Waals surface area contributed by atoms with E-state index in [1.54, 1.807) is 18.2 Å². The van der Waals surface area contributed by atoms with Crippen LogP contribution in [0.25, 0.3) is 10.6 Å². The van der Waals surface area contributed by atoms with E-state index in [1.165, 1.54) is 5.38 Å². The van der Waals surface area contributed by atoms with Gasteiger partial charge in [-0.15, -0.1) is 11.3 Å². The summed E-state index contributed by atoms with van der Waals surface area (Å²) in [6.45, 7) is 0.118. The second kappa shape index (κ2) is 6.79. The molecule has 0 atom stereocenters. The van der Waals surface area contributed by atoms with Gasteiger partial charge in [0.05, 0.1) is 11.3 Å². The topological polar surface area (TPSA) is 60.5 Å². The van der Waals surface area contributed by atoms with Crippen LogP contribution in [0.1, 0.15) is 16.1 Å². The first-order valence-electron chi connectivity index (χ1n) is 7.85. The van der Waals surface area contributed by atoms with Gasteiger partial charge in [-0.1, -0.05) is 0 Å². The molecule has 4 rings (SSSR count). The number of benzene rings is 2. The predicted octanol–water partition coefficient (Wildman–Crippen LogP) is 4.95. The van der Waals surface area contributed by atoms with Crippen LogP contribution in [0.15, 0.2) is 41.8 Å². The van der Waals surface area contributed by atoms with Crippen LogP contribution in [0.2, 0.25) is 0 Å². The summed E-state index contributed by atoms with van der Waals surface area (Å²) in [6, 6.07) is 6.94. The van der Waals surface area contributed by atoms with Crippen molar-refractivity contribution in [2.24, 2.45) is 0 Å². The van der Waals surface area contributed by atoms with Crippen molar-refractivity contribution >= 4 is 22.9 Å². The first-order valence-corrected chi connectivity index (χ1v) is 8.73. The molecular weight excluding hydrogens is 400 g/mol. The van der Waals surface area contributed by atoms with Crippen molar-refractivity contribution in [2.75, 3.05) is 12.1 Å². The van der Waals surface area contributed by atoms with Gasteiger partial charge in [-0.25, -0.2) is 9.37 Å². The van der Waals surface area contributed by atoms with Crippen molar-refractivity contribution in [3.63, 3.8) is 0 Å². The number of halogens is 4. The largest absolute Gasteiger partial charge is 0.454 e. The van der Waals surface area contributed by atoms with Crippen LogP contribution < -0.4 is 14.8 Å². The number of ether oxygens (including phenoxy) is 2. The number of rotatable bonds is 3. The number of thiazole rings is 1. The first-order chi connectivity index (χ1) is 13.3. The highest BCUT2D eigenvalue weighted by Gasteiger charge is 2.31. The summed E-state index contributed by atoms with van der Waals surface area (Å²) >= 11 is 1.16. The number of carbonyl (C=O) groups excluding carboxylic acids is 1. The Kier molecular flexibility index (Phi) is 4.42. The molecule has 0 aliphatic carbocycles. The maximum absolute atomic E-state index is 13.8. The molecule has 144 valence electrons. The van der Waals surface area contributed by atoms with Crippen LogP contribution in [0.5, 0.6) is 11.5 Å². The first kappa shape index (κ1) is 18.2. The highest BCUT2D eigenvalue weighted by Crippen LogP contribution is 2.37. The maximum Gasteiger partial charge on any atom is 0.416 e. The number of amides is 1. The number of hydrogen-bond donors (Lipinski definition) is 1. The van der Waals surface area contributed by atoms with Crippen molar-refractivity contribution in [2.45, 2.75) is 6.18 Å². The predicted molar refractivity (Wildman–Crippen MR) is 93.0 cm³/mol. The van der Waals surface area contributed by atoms with E-state index in [2.05, 4.69) is 10.3 Å². The second-order valence-electron chi connectivity index (χ2n) is 5.75. The zero-order chi connectivity index (χ0) is 19.9. The molecule has 0 spiro atoms. The smallest absolute Gasteiger partial charge is 0.416 e.